The second kappa shape index (κ2) is 7.41. The Kier molecular flexibility index (Phi) is 6.46. The Morgan fingerprint density at radius 3 is 2.25 bits per heavy atom. The lowest BCUT2D eigenvalue weighted by molar-refractivity contribution is -0.127. The van der Waals surface area contributed by atoms with E-state index in [1.165, 1.54) is 12.8 Å². The van der Waals surface area contributed by atoms with Crippen LogP contribution in [0, 0.1) is 11.3 Å². The van der Waals surface area contributed by atoms with Gasteiger partial charge in [0, 0.05) is 13.1 Å². The van der Waals surface area contributed by atoms with Crippen LogP contribution in [0.15, 0.2) is 0 Å². The van der Waals surface area contributed by atoms with Gasteiger partial charge in [0.2, 0.25) is 5.91 Å². The monoisotopic (exact) mass is 284 g/mol. The number of carbonyl (C=O) groups is 1. The van der Waals surface area contributed by atoms with Crippen molar-refractivity contribution in [2.75, 3.05) is 13.1 Å². The summed E-state index contributed by atoms with van der Waals surface area (Å²) in [6.07, 6.45) is 6.83. The van der Waals surface area contributed by atoms with E-state index >= 15 is 0 Å². The van der Waals surface area contributed by atoms with Crippen LogP contribution in [-0.4, -0.2) is 29.7 Å². The maximum Gasteiger partial charge on any atom is 0.224 e. The predicted octanol–water partition coefficient (Wildman–Crippen LogP) is 2.20. The maximum absolute atomic E-state index is 12.2. The molecule has 0 heterocycles. The van der Waals surface area contributed by atoms with Crippen molar-refractivity contribution in [2.24, 2.45) is 17.1 Å². The van der Waals surface area contributed by atoms with E-state index < -0.39 is 5.60 Å². The molecule has 1 saturated carbocycles. The molecule has 1 unspecified atom stereocenters. The summed E-state index contributed by atoms with van der Waals surface area (Å²) in [5.41, 5.74) is 5.09. The molecule has 0 spiro atoms. The molecule has 1 aliphatic carbocycles. The molecule has 4 nitrogen and oxygen atoms in total. The van der Waals surface area contributed by atoms with Gasteiger partial charge in [-0.1, -0.05) is 46.5 Å². The van der Waals surface area contributed by atoms with Crippen molar-refractivity contribution in [2.45, 2.75) is 71.3 Å². The molecule has 0 aromatic carbocycles. The maximum atomic E-state index is 12.2. The smallest absolute Gasteiger partial charge is 0.224 e. The molecule has 1 rings (SSSR count). The number of hydrogen-bond acceptors (Lipinski definition) is 3. The molecule has 4 heteroatoms. The Bertz CT molecular complexity index is 302. The Morgan fingerprint density at radius 2 is 1.80 bits per heavy atom. The molecular formula is C16H32N2O2. The van der Waals surface area contributed by atoms with Crippen LogP contribution in [0.25, 0.3) is 0 Å². The lowest BCUT2D eigenvalue weighted by Crippen LogP contribution is -2.46. The summed E-state index contributed by atoms with van der Waals surface area (Å²) < 4.78 is 0. The van der Waals surface area contributed by atoms with Crippen LogP contribution in [0.2, 0.25) is 0 Å². The fraction of sp³-hybridized carbons (Fsp3) is 0.938. The first-order chi connectivity index (χ1) is 9.26. The molecule has 0 aromatic heterocycles. The van der Waals surface area contributed by atoms with Crippen LogP contribution in [0.1, 0.15) is 65.7 Å². The van der Waals surface area contributed by atoms with Gasteiger partial charge in [0.1, 0.15) is 0 Å². The SMILES string of the molecule is CC(C)(C)CC(CN)C(=O)NCC1(O)CCCCCC1. The van der Waals surface area contributed by atoms with Gasteiger partial charge in [-0.3, -0.25) is 4.79 Å². The van der Waals surface area contributed by atoms with Crippen LogP contribution in [0.4, 0.5) is 0 Å². The molecule has 0 aromatic rings. The predicted molar refractivity (Wildman–Crippen MR) is 82.3 cm³/mol. The molecule has 0 saturated heterocycles. The number of nitrogens with two attached hydrogens (primary N) is 1. The van der Waals surface area contributed by atoms with E-state index in [1.807, 2.05) is 0 Å². The summed E-state index contributed by atoms with van der Waals surface area (Å²) in [6, 6.07) is 0. The molecule has 118 valence electrons. The third kappa shape index (κ3) is 6.23. The van der Waals surface area contributed by atoms with Crippen LogP contribution in [-0.2, 0) is 4.79 Å². The van der Waals surface area contributed by atoms with Gasteiger partial charge >= 0.3 is 0 Å². The highest BCUT2D eigenvalue weighted by Gasteiger charge is 2.30. The molecule has 1 atom stereocenters. The fourth-order valence-corrected chi connectivity index (χ4v) is 2.98. The number of rotatable bonds is 5. The molecule has 1 fully saturated rings. The van der Waals surface area contributed by atoms with Gasteiger partial charge in [-0.05, 0) is 24.7 Å². The first-order valence-electron chi connectivity index (χ1n) is 7.96. The lowest BCUT2D eigenvalue weighted by Gasteiger charge is -2.29. The quantitative estimate of drug-likeness (QED) is 0.677. The molecule has 0 radical (unpaired) electrons. The summed E-state index contributed by atoms with van der Waals surface area (Å²) in [5.74, 6) is -0.176. The summed E-state index contributed by atoms with van der Waals surface area (Å²) in [5, 5.41) is 13.5. The van der Waals surface area contributed by atoms with Crippen molar-refractivity contribution >= 4 is 5.91 Å². The van der Waals surface area contributed by atoms with E-state index in [0.29, 0.717) is 13.1 Å². The Labute approximate surface area is 123 Å². The zero-order valence-corrected chi connectivity index (χ0v) is 13.4. The summed E-state index contributed by atoms with van der Waals surface area (Å²) in [4.78, 5) is 12.2. The number of hydrogen-bond donors (Lipinski definition) is 3. The normalized spacial score (nSPS) is 21.1. The van der Waals surface area contributed by atoms with Crippen molar-refractivity contribution in [3.05, 3.63) is 0 Å². The van der Waals surface area contributed by atoms with Gasteiger partial charge in [-0.25, -0.2) is 0 Å². The average molecular weight is 284 g/mol. The van der Waals surface area contributed by atoms with Crippen molar-refractivity contribution in [1.29, 1.82) is 0 Å². The van der Waals surface area contributed by atoms with E-state index in [-0.39, 0.29) is 17.2 Å². The zero-order chi connectivity index (χ0) is 15.2. The van der Waals surface area contributed by atoms with Gasteiger partial charge in [-0.2, -0.15) is 0 Å². The summed E-state index contributed by atoms with van der Waals surface area (Å²) >= 11 is 0. The zero-order valence-electron chi connectivity index (χ0n) is 13.4. The van der Waals surface area contributed by atoms with Crippen LogP contribution in [0.3, 0.4) is 0 Å². The second-order valence-electron chi connectivity index (χ2n) is 7.55. The van der Waals surface area contributed by atoms with Crippen molar-refractivity contribution in [3.8, 4) is 0 Å². The Balaban J connectivity index is 2.47. The summed E-state index contributed by atoms with van der Waals surface area (Å²) in [7, 11) is 0. The van der Waals surface area contributed by atoms with Crippen LogP contribution < -0.4 is 11.1 Å². The van der Waals surface area contributed by atoms with E-state index in [1.54, 1.807) is 0 Å². The first-order valence-corrected chi connectivity index (χ1v) is 7.96. The Morgan fingerprint density at radius 1 is 1.25 bits per heavy atom. The van der Waals surface area contributed by atoms with Gasteiger partial charge < -0.3 is 16.2 Å². The molecule has 0 aliphatic heterocycles. The molecule has 4 N–H and O–H groups in total. The molecule has 20 heavy (non-hydrogen) atoms. The van der Waals surface area contributed by atoms with E-state index in [4.69, 9.17) is 5.73 Å². The van der Waals surface area contributed by atoms with Crippen LogP contribution in [0.5, 0.6) is 0 Å². The highest BCUT2D eigenvalue weighted by Crippen LogP contribution is 2.27. The number of aliphatic hydroxyl groups is 1. The minimum Gasteiger partial charge on any atom is -0.388 e. The molecule has 0 bridgehead atoms. The number of nitrogens with one attached hydrogen (secondary N) is 1. The standard InChI is InChI=1S/C16H32N2O2/c1-15(2,3)10-13(11-17)14(19)18-12-16(20)8-6-4-5-7-9-16/h13,20H,4-12,17H2,1-3H3,(H,18,19). The van der Waals surface area contributed by atoms with E-state index in [2.05, 4.69) is 26.1 Å². The Hall–Kier alpha value is -0.610. The van der Waals surface area contributed by atoms with E-state index in [9.17, 15) is 9.90 Å². The largest absolute Gasteiger partial charge is 0.388 e. The van der Waals surface area contributed by atoms with Crippen LogP contribution >= 0.6 is 0 Å². The first kappa shape index (κ1) is 17.4. The third-order valence-corrected chi connectivity index (χ3v) is 4.14. The highest BCUT2D eigenvalue weighted by molar-refractivity contribution is 5.79. The number of amides is 1. The second-order valence-corrected chi connectivity index (χ2v) is 7.55. The van der Waals surface area contributed by atoms with Crippen molar-refractivity contribution in [3.63, 3.8) is 0 Å². The number of carbonyl (C=O) groups excluding carboxylic acids is 1. The third-order valence-electron chi connectivity index (χ3n) is 4.14. The topological polar surface area (TPSA) is 75.4 Å². The summed E-state index contributed by atoms with van der Waals surface area (Å²) in [6.45, 7) is 7.07. The average Bonchev–Trinajstić information content (AvgIpc) is 2.57. The van der Waals surface area contributed by atoms with Crippen molar-refractivity contribution < 1.29 is 9.90 Å². The lowest BCUT2D eigenvalue weighted by atomic mass is 9.84. The molecular weight excluding hydrogens is 252 g/mol. The van der Waals surface area contributed by atoms with E-state index in [0.717, 1.165) is 32.1 Å². The van der Waals surface area contributed by atoms with Gasteiger partial charge in [0.25, 0.3) is 0 Å². The highest BCUT2D eigenvalue weighted by atomic mass is 16.3. The van der Waals surface area contributed by atoms with Gasteiger partial charge in [0.15, 0.2) is 0 Å². The fourth-order valence-electron chi connectivity index (χ4n) is 2.98. The molecule has 1 amide bonds. The minimum absolute atomic E-state index is 0.0138. The van der Waals surface area contributed by atoms with Crippen molar-refractivity contribution in [1.82, 2.24) is 5.32 Å². The van der Waals surface area contributed by atoms with Gasteiger partial charge in [-0.15, -0.1) is 0 Å². The molecule has 1 aliphatic rings. The minimum atomic E-state index is -0.715. The van der Waals surface area contributed by atoms with Gasteiger partial charge in [0.05, 0.1) is 11.5 Å².